The molecule has 0 spiro atoms. The molecular weight excluding hydrogens is 262 g/mol. The first kappa shape index (κ1) is 14.3. The van der Waals surface area contributed by atoms with Gasteiger partial charge in [0.2, 0.25) is 10.0 Å². The van der Waals surface area contributed by atoms with Crippen LogP contribution in [-0.2, 0) is 10.0 Å². The Morgan fingerprint density at radius 1 is 1.37 bits per heavy atom. The van der Waals surface area contributed by atoms with Crippen LogP contribution in [-0.4, -0.2) is 51.4 Å². The summed E-state index contributed by atoms with van der Waals surface area (Å²) in [4.78, 5) is 2.53. The molecule has 0 amide bonds. The number of nitrogen functional groups attached to an aromatic ring is 1. The maximum atomic E-state index is 12.4. The van der Waals surface area contributed by atoms with Gasteiger partial charge in [0, 0.05) is 25.8 Å². The van der Waals surface area contributed by atoms with Crippen molar-refractivity contribution in [2.24, 2.45) is 5.92 Å². The Labute approximate surface area is 115 Å². The summed E-state index contributed by atoms with van der Waals surface area (Å²) in [5.74, 6) is 0.415. The van der Waals surface area contributed by atoms with E-state index < -0.39 is 10.0 Å². The molecule has 2 N–H and O–H groups in total. The fourth-order valence-electron chi connectivity index (χ4n) is 2.46. The Morgan fingerprint density at radius 2 is 2.00 bits per heavy atom. The van der Waals surface area contributed by atoms with E-state index in [1.807, 2.05) is 0 Å². The average Bonchev–Trinajstić information content (AvgIpc) is 2.75. The van der Waals surface area contributed by atoms with Crippen LogP contribution in [0.4, 0.5) is 5.69 Å². The van der Waals surface area contributed by atoms with Crippen LogP contribution in [0.1, 0.15) is 6.42 Å². The van der Waals surface area contributed by atoms with Gasteiger partial charge in [-0.2, -0.15) is 0 Å². The summed E-state index contributed by atoms with van der Waals surface area (Å²) in [5.41, 5.74) is 6.15. The van der Waals surface area contributed by atoms with Gasteiger partial charge >= 0.3 is 0 Å². The highest BCUT2D eigenvalue weighted by molar-refractivity contribution is 7.89. The van der Waals surface area contributed by atoms with Gasteiger partial charge in [0.05, 0.1) is 4.90 Å². The molecule has 0 saturated carbocycles. The van der Waals surface area contributed by atoms with Gasteiger partial charge in [-0.1, -0.05) is 0 Å². The number of anilines is 1. The van der Waals surface area contributed by atoms with Crippen molar-refractivity contribution >= 4 is 15.7 Å². The molecule has 1 atom stereocenters. The fourth-order valence-corrected chi connectivity index (χ4v) is 3.70. The maximum Gasteiger partial charge on any atom is 0.242 e. The first-order valence-corrected chi connectivity index (χ1v) is 7.84. The standard InChI is InChI=1S/C13H21N3O2S/c1-15-8-7-11(9-15)10-16(2)19(17,18)13-5-3-12(14)4-6-13/h3-6,11H,7-10,14H2,1-2H3. The van der Waals surface area contributed by atoms with Crippen molar-refractivity contribution in [3.63, 3.8) is 0 Å². The lowest BCUT2D eigenvalue weighted by molar-refractivity contribution is 0.357. The summed E-state index contributed by atoms with van der Waals surface area (Å²) in [6.45, 7) is 2.57. The molecule has 0 aromatic heterocycles. The van der Waals surface area contributed by atoms with E-state index in [-0.39, 0.29) is 0 Å². The molecule has 1 fully saturated rings. The van der Waals surface area contributed by atoms with Gasteiger partial charge in [0.25, 0.3) is 0 Å². The highest BCUT2D eigenvalue weighted by atomic mass is 32.2. The molecule has 0 radical (unpaired) electrons. The lowest BCUT2D eigenvalue weighted by atomic mass is 10.1. The summed E-state index contributed by atoms with van der Waals surface area (Å²) in [7, 11) is 0.305. The molecule has 6 heteroatoms. The zero-order valence-corrected chi connectivity index (χ0v) is 12.2. The third kappa shape index (κ3) is 3.26. The lowest BCUT2D eigenvalue weighted by Crippen LogP contribution is -2.32. The predicted molar refractivity (Wildman–Crippen MR) is 76.3 cm³/mol. The SMILES string of the molecule is CN1CCC(CN(C)S(=O)(=O)c2ccc(N)cc2)C1. The molecule has 5 nitrogen and oxygen atoms in total. The minimum Gasteiger partial charge on any atom is -0.399 e. The first-order valence-electron chi connectivity index (χ1n) is 6.40. The predicted octanol–water partition coefficient (Wildman–Crippen LogP) is 0.841. The highest BCUT2D eigenvalue weighted by Gasteiger charge is 2.26. The van der Waals surface area contributed by atoms with Crippen LogP contribution in [0.25, 0.3) is 0 Å². The second-order valence-electron chi connectivity index (χ2n) is 5.27. The minimum atomic E-state index is -3.40. The molecule has 1 unspecified atom stereocenters. The van der Waals surface area contributed by atoms with Crippen LogP contribution in [0.5, 0.6) is 0 Å². The number of nitrogens with zero attached hydrogens (tertiary/aromatic N) is 2. The van der Waals surface area contributed by atoms with Crippen molar-refractivity contribution in [2.45, 2.75) is 11.3 Å². The molecule has 19 heavy (non-hydrogen) atoms. The number of hydrogen-bond acceptors (Lipinski definition) is 4. The van der Waals surface area contributed by atoms with E-state index in [9.17, 15) is 8.42 Å². The highest BCUT2D eigenvalue weighted by Crippen LogP contribution is 2.20. The van der Waals surface area contributed by atoms with Crippen molar-refractivity contribution in [3.8, 4) is 0 Å². The number of rotatable bonds is 4. The summed E-state index contributed by atoms with van der Waals surface area (Å²) in [6.07, 6.45) is 1.05. The summed E-state index contributed by atoms with van der Waals surface area (Å²) >= 11 is 0. The molecule has 1 aliphatic rings. The largest absolute Gasteiger partial charge is 0.399 e. The summed E-state index contributed by atoms with van der Waals surface area (Å²) in [5, 5.41) is 0. The van der Waals surface area contributed by atoms with E-state index in [0.29, 0.717) is 23.0 Å². The molecule has 1 aromatic carbocycles. The van der Waals surface area contributed by atoms with Crippen molar-refractivity contribution in [2.75, 3.05) is 39.5 Å². The molecule has 106 valence electrons. The van der Waals surface area contributed by atoms with Crippen LogP contribution in [0, 0.1) is 5.92 Å². The number of sulfonamides is 1. The second kappa shape index (κ2) is 5.48. The van der Waals surface area contributed by atoms with E-state index >= 15 is 0 Å². The second-order valence-corrected chi connectivity index (χ2v) is 7.32. The normalized spacial score (nSPS) is 21.1. The topological polar surface area (TPSA) is 66.6 Å². The Kier molecular flexibility index (Phi) is 4.13. The Bertz CT molecular complexity index is 527. The van der Waals surface area contributed by atoms with E-state index in [2.05, 4.69) is 11.9 Å². The quantitative estimate of drug-likeness (QED) is 0.832. The van der Waals surface area contributed by atoms with E-state index in [1.54, 1.807) is 31.3 Å². The zero-order chi connectivity index (χ0) is 14.0. The van der Waals surface area contributed by atoms with Gasteiger partial charge in [0.15, 0.2) is 0 Å². The molecule has 1 heterocycles. The van der Waals surface area contributed by atoms with Crippen LogP contribution in [0.15, 0.2) is 29.2 Å². The Morgan fingerprint density at radius 3 is 2.53 bits per heavy atom. The van der Waals surface area contributed by atoms with Crippen molar-refractivity contribution in [1.29, 1.82) is 0 Å². The van der Waals surface area contributed by atoms with E-state index in [4.69, 9.17) is 5.73 Å². The monoisotopic (exact) mass is 283 g/mol. The molecule has 0 bridgehead atoms. The van der Waals surface area contributed by atoms with Gasteiger partial charge in [0.1, 0.15) is 0 Å². The van der Waals surface area contributed by atoms with Crippen molar-refractivity contribution in [1.82, 2.24) is 9.21 Å². The lowest BCUT2D eigenvalue weighted by Gasteiger charge is -2.21. The van der Waals surface area contributed by atoms with Crippen molar-refractivity contribution < 1.29 is 8.42 Å². The van der Waals surface area contributed by atoms with Gasteiger partial charge in [-0.15, -0.1) is 0 Å². The van der Waals surface area contributed by atoms with E-state index in [0.717, 1.165) is 19.5 Å². The maximum absolute atomic E-state index is 12.4. The zero-order valence-electron chi connectivity index (χ0n) is 11.4. The van der Waals surface area contributed by atoms with Crippen LogP contribution < -0.4 is 5.73 Å². The first-order chi connectivity index (χ1) is 8.89. The van der Waals surface area contributed by atoms with E-state index in [1.165, 1.54) is 4.31 Å². The summed E-state index contributed by atoms with van der Waals surface area (Å²) in [6, 6.07) is 6.35. The Balaban J connectivity index is 2.08. The smallest absolute Gasteiger partial charge is 0.242 e. The number of hydrogen-bond donors (Lipinski definition) is 1. The summed E-state index contributed by atoms with van der Waals surface area (Å²) < 4.78 is 26.2. The number of nitrogens with two attached hydrogens (primary N) is 1. The molecular formula is C13H21N3O2S. The van der Waals surface area contributed by atoms with Gasteiger partial charge in [-0.25, -0.2) is 12.7 Å². The third-order valence-electron chi connectivity index (χ3n) is 3.59. The van der Waals surface area contributed by atoms with Crippen molar-refractivity contribution in [3.05, 3.63) is 24.3 Å². The minimum absolute atomic E-state index is 0.301. The number of benzene rings is 1. The molecule has 0 aliphatic carbocycles. The molecule has 1 aliphatic heterocycles. The fraction of sp³-hybridized carbons (Fsp3) is 0.538. The Hall–Kier alpha value is -1.11. The molecule has 2 rings (SSSR count). The van der Waals surface area contributed by atoms with Crippen LogP contribution in [0.3, 0.4) is 0 Å². The molecule has 1 saturated heterocycles. The van der Waals surface area contributed by atoms with Gasteiger partial charge < -0.3 is 10.6 Å². The van der Waals surface area contributed by atoms with Gasteiger partial charge in [-0.05, 0) is 50.2 Å². The third-order valence-corrected chi connectivity index (χ3v) is 5.43. The molecule has 1 aromatic rings. The van der Waals surface area contributed by atoms with Gasteiger partial charge in [-0.3, -0.25) is 0 Å². The van der Waals surface area contributed by atoms with Crippen LogP contribution in [0.2, 0.25) is 0 Å². The average molecular weight is 283 g/mol. The number of likely N-dealkylation sites (tertiary alicyclic amines) is 1. The van der Waals surface area contributed by atoms with Crippen LogP contribution >= 0.6 is 0 Å².